The van der Waals surface area contributed by atoms with Crippen LogP contribution >= 0.6 is 0 Å². The molecule has 4 heteroatoms. The van der Waals surface area contributed by atoms with E-state index >= 15 is 0 Å². The molecule has 28 heavy (non-hydrogen) atoms. The van der Waals surface area contributed by atoms with Crippen molar-refractivity contribution in [1.29, 1.82) is 0 Å². The van der Waals surface area contributed by atoms with E-state index in [1.807, 2.05) is 24.3 Å². The van der Waals surface area contributed by atoms with Gasteiger partial charge in [-0.15, -0.1) is 0 Å². The van der Waals surface area contributed by atoms with E-state index in [4.69, 9.17) is 0 Å². The zero-order valence-corrected chi connectivity index (χ0v) is 16.6. The highest BCUT2D eigenvalue weighted by Gasteiger charge is 2.33. The van der Waals surface area contributed by atoms with Crippen LogP contribution in [0.4, 0.5) is 0 Å². The van der Waals surface area contributed by atoms with Crippen LogP contribution in [0.2, 0.25) is 0 Å². The topological polar surface area (TPSA) is 46.9 Å². The maximum atomic E-state index is 9.21. The molecule has 0 spiro atoms. The molecule has 4 rings (SSSR count). The normalized spacial score (nSPS) is 23.5. The van der Waals surface area contributed by atoms with Gasteiger partial charge in [-0.2, -0.15) is 0 Å². The molecule has 0 amide bonds. The van der Waals surface area contributed by atoms with E-state index in [1.165, 1.54) is 50.1 Å². The fourth-order valence-electron chi connectivity index (χ4n) is 4.82. The number of aliphatic hydroxyl groups is 2. The Morgan fingerprint density at radius 3 is 1.39 bits per heavy atom. The van der Waals surface area contributed by atoms with E-state index in [0.717, 1.165) is 36.1 Å². The Kier molecular flexibility index (Phi) is 6.43. The third-order valence-corrected chi connectivity index (χ3v) is 6.51. The highest BCUT2D eigenvalue weighted by molar-refractivity contribution is 5.23. The van der Waals surface area contributed by atoms with Crippen molar-refractivity contribution in [1.82, 2.24) is 9.80 Å². The van der Waals surface area contributed by atoms with E-state index < -0.39 is 0 Å². The molecular formula is C24H32N2O2. The smallest absolute Gasteiger partial charge is 0.0681 e. The Labute approximate surface area is 168 Å². The van der Waals surface area contributed by atoms with E-state index in [9.17, 15) is 10.2 Å². The van der Waals surface area contributed by atoms with Crippen molar-refractivity contribution in [3.8, 4) is 0 Å². The van der Waals surface area contributed by atoms with Crippen molar-refractivity contribution < 1.29 is 10.2 Å². The molecule has 2 heterocycles. The number of hydrogen-bond donors (Lipinski definition) is 2. The fourth-order valence-corrected chi connectivity index (χ4v) is 4.82. The average Bonchev–Trinajstić information content (AvgIpc) is 2.74. The van der Waals surface area contributed by atoms with Gasteiger partial charge in [-0.1, -0.05) is 48.5 Å². The first kappa shape index (κ1) is 19.6. The largest absolute Gasteiger partial charge is 0.392 e. The summed E-state index contributed by atoms with van der Waals surface area (Å²) in [6.45, 7) is 7.03. The predicted octanol–water partition coefficient (Wildman–Crippen LogP) is 3.02. The fraction of sp³-hybridized carbons (Fsp3) is 0.500. The molecular weight excluding hydrogens is 348 g/mol. The van der Waals surface area contributed by atoms with Gasteiger partial charge in [0.25, 0.3) is 0 Å². The number of nitrogens with zero attached hydrogens (tertiary/aromatic N) is 2. The van der Waals surface area contributed by atoms with Gasteiger partial charge in [-0.25, -0.2) is 0 Å². The lowest BCUT2D eigenvalue weighted by Crippen LogP contribution is -2.49. The maximum Gasteiger partial charge on any atom is 0.0681 e. The molecule has 0 bridgehead atoms. The third-order valence-electron chi connectivity index (χ3n) is 6.51. The number of likely N-dealkylation sites (tertiary alicyclic amines) is 2. The quantitative estimate of drug-likeness (QED) is 0.809. The first-order valence-electron chi connectivity index (χ1n) is 10.6. The molecule has 0 radical (unpaired) electrons. The van der Waals surface area contributed by atoms with Crippen molar-refractivity contribution in [2.75, 3.05) is 26.2 Å². The summed E-state index contributed by atoms with van der Waals surface area (Å²) in [5, 5.41) is 18.4. The molecule has 2 saturated heterocycles. The highest BCUT2D eigenvalue weighted by Crippen LogP contribution is 2.32. The van der Waals surface area contributed by atoms with Crippen LogP contribution in [0.5, 0.6) is 0 Å². The average molecular weight is 381 g/mol. The second-order valence-electron chi connectivity index (χ2n) is 8.52. The molecule has 2 fully saturated rings. The molecule has 0 aliphatic carbocycles. The number of fused-ring (bicyclic) bond motifs is 1. The minimum Gasteiger partial charge on any atom is -0.392 e. The Morgan fingerprint density at radius 1 is 0.607 bits per heavy atom. The number of aliphatic hydroxyl groups excluding tert-OH is 2. The Morgan fingerprint density at radius 2 is 1.00 bits per heavy atom. The minimum absolute atomic E-state index is 0.117. The van der Waals surface area contributed by atoms with Gasteiger partial charge in [0.05, 0.1) is 13.2 Å². The van der Waals surface area contributed by atoms with Crippen molar-refractivity contribution in [2.45, 2.75) is 39.1 Å². The van der Waals surface area contributed by atoms with Crippen LogP contribution in [-0.4, -0.2) is 46.2 Å². The van der Waals surface area contributed by atoms with Crippen molar-refractivity contribution in [3.63, 3.8) is 0 Å². The SMILES string of the molecule is OCc1ccc(CN2CCC3CCN(Cc4ccc(CO)cc4)CC3C2)cc1. The van der Waals surface area contributed by atoms with Gasteiger partial charge in [0.1, 0.15) is 0 Å². The second kappa shape index (κ2) is 9.19. The summed E-state index contributed by atoms with van der Waals surface area (Å²) in [6.07, 6.45) is 2.64. The molecule has 2 aromatic carbocycles. The predicted molar refractivity (Wildman–Crippen MR) is 111 cm³/mol. The van der Waals surface area contributed by atoms with E-state index in [2.05, 4.69) is 34.1 Å². The van der Waals surface area contributed by atoms with Crippen LogP contribution in [0, 0.1) is 11.8 Å². The molecule has 2 aliphatic heterocycles. The lowest BCUT2D eigenvalue weighted by Gasteiger charge is -2.45. The Bertz CT molecular complexity index is 681. The summed E-state index contributed by atoms with van der Waals surface area (Å²) in [5.74, 6) is 1.64. The van der Waals surface area contributed by atoms with Gasteiger partial charge < -0.3 is 10.2 Å². The number of rotatable bonds is 6. The van der Waals surface area contributed by atoms with Gasteiger partial charge >= 0.3 is 0 Å². The van der Waals surface area contributed by atoms with Crippen LogP contribution in [0.1, 0.15) is 35.1 Å². The zero-order chi connectivity index (χ0) is 19.3. The van der Waals surface area contributed by atoms with Gasteiger partial charge in [0, 0.05) is 26.2 Å². The third kappa shape index (κ3) is 4.81. The zero-order valence-electron chi connectivity index (χ0n) is 16.6. The van der Waals surface area contributed by atoms with E-state index in [-0.39, 0.29) is 13.2 Å². The summed E-state index contributed by atoms with van der Waals surface area (Å²) in [6, 6.07) is 16.8. The van der Waals surface area contributed by atoms with Crippen LogP contribution in [0.3, 0.4) is 0 Å². The number of hydrogen-bond acceptors (Lipinski definition) is 4. The standard InChI is InChI=1S/C24H32N2O2/c27-17-21-5-1-19(2-6-21)13-25-11-9-23-10-12-26(16-24(23)15-25)14-20-3-7-22(18-28)8-4-20/h1-8,23-24,27-28H,9-18H2. The molecule has 0 aromatic heterocycles. The summed E-state index contributed by atoms with van der Waals surface area (Å²) in [4.78, 5) is 5.21. The minimum atomic E-state index is 0.117. The molecule has 150 valence electrons. The van der Waals surface area contributed by atoms with Gasteiger partial charge in [-0.05, 0) is 60.0 Å². The van der Waals surface area contributed by atoms with Crippen molar-refractivity contribution in [3.05, 3.63) is 70.8 Å². The maximum absolute atomic E-state index is 9.21. The molecule has 0 unspecified atom stereocenters. The summed E-state index contributed by atoms with van der Waals surface area (Å²) < 4.78 is 0. The lowest BCUT2D eigenvalue weighted by molar-refractivity contribution is 0.0356. The molecule has 0 saturated carbocycles. The molecule has 0 atom stereocenters. The van der Waals surface area contributed by atoms with Gasteiger partial charge in [-0.3, -0.25) is 9.80 Å². The molecule has 4 nitrogen and oxygen atoms in total. The first-order valence-corrected chi connectivity index (χ1v) is 10.6. The molecule has 2 N–H and O–H groups in total. The highest BCUT2D eigenvalue weighted by atomic mass is 16.3. The Hall–Kier alpha value is -1.72. The van der Waals surface area contributed by atoms with E-state index in [0.29, 0.717) is 0 Å². The monoisotopic (exact) mass is 380 g/mol. The number of benzene rings is 2. The molecule has 2 aromatic rings. The lowest BCUT2D eigenvalue weighted by atomic mass is 9.80. The first-order chi connectivity index (χ1) is 13.7. The van der Waals surface area contributed by atoms with Crippen molar-refractivity contribution in [2.24, 2.45) is 11.8 Å². The van der Waals surface area contributed by atoms with Crippen LogP contribution in [-0.2, 0) is 26.3 Å². The van der Waals surface area contributed by atoms with Crippen molar-refractivity contribution >= 4 is 0 Å². The van der Waals surface area contributed by atoms with Crippen LogP contribution < -0.4 is 0 Å². The molecule has 2 aliphatic rings. The van der Waals surface area contributed by atoms with Crippen LogP contribution in [0.25, 0.3) is 0 Å². The van der Waals surface area contributed by atoms with Crippen LogP contribution in [0.15, 0.2) is 48.5 Å². The van der Waals surface area contributed by atoms with Gasteiger partial charge in [0.2, 0.25) is 0 Å². The Balaban J connectivity index is 1.32. The number of piperidine rings is 2. The summed E-state index contributed by atoms with van der Waals surface area (Å²) in [7, 11) is 0. The van der Waals surface area contributed by atoms with E-state index in [1.54, 1.807) is 0 Å². The second-order valence-corrected chi connectivity index (χ2v) is 8.52. The van der Waals surface area contributed by atoms with Gasteiger partial charge in [0.15, 0.2) is 0 Å². The summed E-state index contributed by atoms with van der Waals surface area (Å²) >= 11 is 0. The summed E-state index contributed by atoms with van der Waals surface area (Å²) in [5.41, 5.74) is 4.65.